The van der Waals surface area contributed by atoms with E-state index in [-0.39, 0.29) is 11.6 Å². The molecular formula is C13H19ClN2O4. The first-order valence-electron chi connectivity index (χ1n) is 6.20. The van der Waals surface area contributed by atoms with Crippen LogP contribution in [0.15, 0.2) is 18.2 Å². The average molecular weight is 303 g/mol. The number of alkyl halides is 1. The summed E-state index contributed by atoms with van der Waals surface area (Å²) in [7, 11) is 3.19. The standard InChI is InChI=1S/C13H19ClN2O4/c1-19-7-5-15(6-8-20-2)12-4-3-11(10-14)9-13(12)16(17)18/h3-4,9H,5-8,10H2,1-2H3. The van der Waals surface area contributed by atoms with Crippen LogP contribution >= 0.6 is 11.6 Å². The molecule has 0 heterocycles. The number of rotatable bonds is 9. The van der Waals surface area contributed by atoms with Crippen molar-refractivity contribution in [1.29, 1.82) is 0 Å². The number of nitro benzene ring substituents is 1. The largest absolute Gasteiger partial charge is 0.383 e. The average Bonchev–Trinajstić information content (AvgIpc) is 2.47. The van der Waals surface area contributed by atoms with Gasteiger partial charge in [0, 0.05) is 39.3 Å². The van der Waals surface area contributed by atoms with Crippen LogP contribution in [0.5, 0.6) is 0 Å². The van der Waals surface area contributed by atoms with Crippen LogP contribution in [0, 0.1) is 10.1 Å². The molecule has 0 atom stereocenters. The molecule has 0 radical (unpaired) electrons. The van der Waals surface area contributed by atoms with Gasteiger partial charge in [-0.05, 0) is 11.6 Å². The molecule has 0 saturated carbocycles. The number of halogens is 1. The van der Waals surface area contributed by atoms with Crippen molar-refractivity contribution in [1.82, 2.24) is 0 Å². The summed E-state index contributed by atoms with van der Waals surface area (Å²) < 4.78 is 10.1. The van der Waals surface area contributed by atoms with Gasteiger partial charge in [-0.3, -0.25) is 10.1 Å². The van der Waals surface area contributed by atoms with Crippen LogP contribution in [0.2, 0.25) is 0 Å². The highest BCUT2D eigenvalue weighted by Gasteiger charge is 2.19. The maximum absolute atomic E-state index is 11.2. The van der Waals surface area contributed by atoms with E-state index in [2.05, 4.69) is 0 Å². The molecule has 1 rings (SSSR count). The Balaban J connectivity index is 3.06. The lowest BCUT2D eigenvalue weighted by atomic mass is 10.1. The summed E-state index contributed by atoms with van der Waals surface area (Å²) >= 11 is 5.73. The van der Waals surface area contributed by atoms with Crippen molar-refractivity contribution in [2.24, 2.45) is 0 Å². The van der Waals surface area contributed by atoms with E-state index in [9.17, 15) is 10.1 Å². The summed E-state index contributed by atoms with van der Waals surface area (Å²) in [6, 6.07) is 5.03. The second kappa shape index (κ2) is 8.73. The lowest BCUT2D eigenvalue weighted by Crippen LogP contribution is -2.31. The number of benzene rings is 1. The van der Waals surface area contributed by atoms with Crippen molar-refractivity contribution < 1.29 is 14.4 Å². The Labute approximate surface area is 123 Å². The summed E-state index contributed by atoms with van der Waals surface area (Å²) in [6.45, 7) is 2.08. The smallest absolute Gasteiger partial charge is 0.292 e. The molecule has 0 fully saturated rings. The molecule has 0 aliphatic carbocycles. The van der Waals surface area contributed by atoms with E-state index < -0.39 is 4.92 Å². The van der Waals surface area contributed by atoms with Crippen LogP contribution in [0.4, 0.5) is 11.4 Å². The second-order valence-electron chi connectivity index (χ2n) is 4.19. The fourth-order valence-corrected chi connectivity index (χ4v) is 1.99. The summed E-state index contributed by atoms with van der Waals surface area (Å²) in [5, 5.41) is 11.2. The number of nitro groups is 1. The van der Waals surface area contributed by atoms with Gasteiger partial charge in [-0.15, -0.1) is 11.6 Å². The first-order chi connectivity index (χ1) is 9.63. The molecule has 0 amide bonds. The summed E-state index contributed by atoms with van der Waals surface area (Å²) in [5.74, 6) is 0.247. The van der Waals surface area contributed by atoms with E-state index >= 15 is 0 Å². The molecule has 0 spiro atoms. The van der Waals surface area contributed by atoms with Crippen molar-refractivity contribution >= 4 is 23.0 Å². The van der Waals surface area contributed by atoms with Gasteiger partial charge in [-0.1, -0.05) is 6.07 Å². The molecule has 0 bridgehead atoms. The van der Waals surface area contributed by atoms with Gasteiger partial charge < -0.3 is 14.4 Å². The number of nitrogens with zero attached hydrogens (tertiary/aromatic N) is 2. The number of ether oxygens (including phenoxy) is 2. The van der Waals surface area contributed by atoms with E-state index in [1.807, 2.05) is 4.90 Å². The first-order valence-corrected chi connectivity index (χ1v) is 6.73. The normalized spacial score (nSPS) is 10.6. The summed E-state index contributed by atoms with van der Waals surface area (Å²) in [5.41, 5.74) is 1.33. The lowest BCUT2D eigenvalue weighted by Gasteiger charge is -2.24. The third-order valence-corrected chi connectivity index (χ3v) is 3.17. The summed E-state index contributed by atoms with van der Waals surface area (Å²) in [6.07, 6.45) is 0. The topological polar surface area (TPSA) is 64.8 Å². The van der Waals surface area contributed by atoms with E-state index in [1.165, 1.54) is 6.07 Å². The minimum Gasteiger partial charge on any atom is -0.383 e. The molecular weight excluding hydrogens is 284 g/mol. The molecule has 1 aromatic rings. The van der Waals surface area contributed by atoms with Gasteiger partial charge >= 0.3 is 0 Å². The summed E-state index contributed by atoms with van der Waals surface area (Å²) in [4.78, 5) is 12.7. The molecule has 7 heteroatoms. The number of hydrogen-bond donors (Lipinski definition) is 0. The molecule has 20 heavy (non-hydrogen) atoms. The van der Waals surface area contributed by atoms with Gasteiger partial charge in [0.2, 0.25) is 0 Å². The molecule has 0 N–H and O–H groups in total. The Morgan fingerprint density at radius 3 is 2.30 bits per heavy atom. The van der Waals surface area contributed by atoms with E-state index in [0.717, 1.165) is 5.56 Å². The van der Waals surface area contributed by atoms with Crippen LogP contribution in [-0.4, -0.2) is 45.4 Å². The van der Waals surface area contributed by atoms with Gasteiger partial charge in [0.05, 0.1) is 18.1 Å². The zero-order valence-corrected chi connectivity index (χ0v) is 12.4. The Hall–Kier alpha value is -1.37. The monoisotopic (exact) mass is 302 g/mol. The molecule has 1 aromatic carbocycles. The SMILES string of the molecule is COCCN(CCOC)c1ccc(CCl)cc1[N+](=O)[O-]. The molecule has 0 aliphatic heterocycles. The Morgan fingerprint density at radius 1 is 1.25 bits per heavy atom. The van der Waals surface area contributed by atoms with Crippen LogP contribution in [0.3, 0.4) is 0 Å². The van der Waals surface area contributed by atoms with Gasteiger partial charge in [0.25, 0.3) is 5.69 Å². The van der Waals surface area contributed by atoms with Gasteiger partial charge in [-0.2, -0.15) is 0 Å². The Kier molecular flexibility index (Phi) is 7.28. The van der Waals surface area contributed by atoms with Gasteiger partial charge in [0.15, 0.2) is 0 Å². The van der Waals surface area contributed by atoms with E-state index in [1.54, 1.807) is 26.4 Å². The lowest BCUT2D eigenvalue weighted by molar-refractivity contribution is -0.384. The minimum atomic E-state index is -0.391. The number of hydrogen-bond acceptors (Lipinski definition) is 5. The van der Waals surface area contributed by atoms with Crippen LogP contribution in [0.1, 0.15) is 5.56 Å². The van der Waals surface area contributed by atoms with Crippen molar-refractivity contribution in [2.75, 3.05) is 45.4 Å². The third-order valence-electron chi connectivity index (χ3n) is 2.86. The first kappa shape index (κ1) is 16.7. The fraction of sp³-hybridized carbons (Fsp3) is 0.538. The highest BCUT2D eigenvalue weighted by atomic mass is 35.5. The van der Waals surface area contributed by atoms with E-state index in [4.69, 9.17) is 21.1 Å². The van der Waals surface area contributed by atoms with Crippen LogP contribution in [0.25, 0.3) is 0 Å². The van der Waals surface area contributed by atoms with Crippen molar-refractivity contribution in [3.8, 4) is 0 Å². The minimum absolute atomic E-state index is 0.0513. The zero-order chi connectivity index (χ0) is 15.0. The Bertz CT molecular complexity index is 434. The highest BCUT2D eigenvalue weighted by molar-refractivity contribution is 6.17. The van der Waals surface area contributed by atoms with Crippen LogP contribution in [-0.2, 0) is 15.4 Å². The predicted molar refractivity (Wildman–Crippen MR) is 78.6 cm³/mol. The second-order valence-corrected chi connectivity index (χ2v) is 4.45. The molecule has 112 valence electrons. The quantitative estimate of drug-likeness (QED) is 0.398. The number of anilines is 1. The van der Waals surface area contributed by atoms with E-state index in [0.29, 0.717) is 32.0 Å². The third kappa shape index (κ3) is 4.63. The molecule has 0 aromatic heterocycles. The predicted octanol–water partition coefficient (Wildman–Crippen LogP) is 2.43. The zero-order valence-electron chi connectivity index (χ0n) is 11.7. The molecule has 0 aliphatic rings. The number of methoxy groups -OCH3 is 2. The van der Waals surface area contributed by atoms with Gasteiger partial charge in [0.1, 0.15) is 5.69 Å². The maximum atomic E-state index is 11.2. The Morgan fingerprint density at radius 2 is 1.85 bits per heavy atom. The maximum Gasteiger partial charge on any atom is 0.292 e. The van der Waals surface area contributed by atoms with Crippen LogP contribution < -0.4 is 4.90 Å². The molecule has 0 unspecified atom stereocenters. The fourth-order valence-electron chi connectivity index (χ4n) is 1.82. The van der Waals surface area contributed by atoms with Gasteiger partial charge in [-0.25, -0.2) is 0 Å². The van der Waals surface area contributed by atoms with Crippen molar-refractivity contribution in [2.45, 2.75) is 5.88 Å². The molecule has 0 saturated heterocycles. The van der Waals surface area contributed by atoms with Crippen molar-refractivity contribution in [3.05, 3.63) is 33.9 Å². The van der Waals surface area contributed by atoms with Crippen molar-refractivity contribution in [3.63, 3.8) is 0 Å². The molecule has 6 nitrogen and oxygen atoms in total. The highest BCUT2D eigenvalue weighted by Crippen LogP contribution is 2.29.